The third kappa shape index (κ3) is 12.2. The summed E-state index contributed by atoms with van der Waals surface area (Å²) < 4.78 is 31.3. The summed E-state index contributed by atoms with van der Waals surface area (Å²) in [5.74, 6) is 3.66. The number of ether oxygens (including phenoxy) is 5. The number of carbonyl (C=O) groups is 1. The average Bonchev–Trinajstić information content (AvgIpc) is 2.94. The number of hydrogen-bond acceptors (Lipinski definition) is 6. The van der Waals surface area contributed by atoms with Crippen LogP contribution in [0.2, 0.25) is 0 Å². The number of rotatable bonds is 19. The van der Waals surface area contributed by atoms with Crippen LogP contribution in [0.25, 0.3) is 6.08 Å². The first-order chi connectivity index (χ1) is 20.3. The maximum atomic E-state index is 14.3. The number of aryl methyl sites for hydroxylation is 1. The second kappa shape index (κ2) is 17.8. The minimum absolute atomic E-state index is 0.241. The molecule has 0 aromatic heterocycles. The van der Waals surface area contributed by atoms with Gasteiger partial charge in [-0.3, -0.25) is 4.79 Å². The first-order valence-electron chi connectivity index (χ1n) is 16.0. The van der Waals surface area contributed by atoms with Gasteiger partial charge >= 0.3 is 0 Å². The molecule has 0 spiro atoms. The molecule has 0 N–H and O–H groups in total. The zero-order valence-corrected chi connectivity index (χ0v) is 28.5. The fraction of sp³-hybridized carbons (Fsp3) is 0.595. The van der Waals surface area contributed by atoms with Gasteiger partial charge in [-0.25, -0.2) is 0 Å². The Kier molecular flexibility index (Phi) is 15.0. The normalized spacial score (nSPS) is 11.8. The van der Waals surface area contributed by atoms with E-state index in [4.69, 9.17) is 23.7 Å². The van der Waals surface area contributed by atoms with Gasteiger partial charge in [0.05, 0.1) is 33.0 Å². The lowest BCUT2D eigenvalue weighted by molar-refractivity contribution is 0.103. The summed E-state index contributed by atoms with van der Waals surface area (Å²) in [5, 5.41) is 0. The van der Waals surface area contributed by atoms with Crippen molar-refractivity contribution in [3.8, 4) is 28.7 Å². The lowest BCUT2D eigenvalue weighted by Crippen LogP contribution is -2.16. The second-order valence-electron chi connectivity index (χ2n) is 13.4. The van der Waals surface area contributed by atoms with E-state index < -0.39 is 0 Å². The molecule has 0 aliphatic rings. The van der Waals surface area contributed by atoms with Crippen LogP contribution in [0.3, 0.4) is 0 Å². The molecule has 0 aliphatic carbocycles. The molecule has 6 nitrogen and oxygen atoms in total. The highest BCUT2D eigenvalue weighted by Gasteiger charge is 2.28. The van der Waals surface area contributed by atoms with E-state index in [2.05, 4.69) is 88.3 Å². The fourth-order valence-electron chi connectivity index (χ4n) is 3.92. The van der Waals surface area contributed by atoms with Gasteiger partial charge < -0.3 is 23.7 Å². The summed E-state index contributed by atoms with van der Waals surface area (Å²) in [5.41, 5.74) is 2.33. The molecule has 0 saturated heterocycles. The van der Waals surface area contributed by atoms with Gasteiger partial charge in [0.15, 0.2) is 28.8 Å². The van der Waals surface area contributed by atoms with E-state index in [9.17, 15) is 4.79 Å². The Morgan fingerprint density at radius 2 is 1.02 bits per heavy atom. The lowest BCUT2D eigenvalue weighted by atomic mass is 10.0. The van der Waals surface area contributed by atoms with Crippen molar-refractivity contribution in [3.05, 3.63) is 47.0 Å². The van der Waals surface area contributed by atoms with Gasteiger partial charge in [0.2, 0.25) is 0 Å². The summed E-state index contributed by atoms with van der Waals surface area (Å²) in [6, 6.07) is 7.95. The van der Waals surface area contributed by atoms with Crippen molar-refractivity contribution in [1.82, 2.24) is 0 Å². The van der Waals surface area contributed by atoms with Gasteiger partial charge in [-0.05, 0) is 65.9 Å². The molecule has 0 radical (unpaired) electrons. The molecule has 0 saturated carbocycles. The van der Waals surface area contributed by atoms with Crippen LogP contribution in [0, 0.1) is 29.6 Å². The quantitative estimate of drug-likeness (QED) is 0.119. The molecule has 0 heterocycles. The molecule has 2 rings (SSSR count). The Morgan fingerprint density at radius 1 is 0.605 bits per heavy atom. The second-order valence-corrected chi connectivity index (χ2v) is 13.4. The topological polar surface area (TPSA) is 63.2 Å². The van der Waals surface area contributed by atoms with Gasteiger partial charge in [0.1, 0.15) is 11.3 Å². The number of allylic oxidation sites excluding steroid dienone is 1. The molecule has 6 heteroatoms. The van der Waals surface area contributed by atoms with Crippen molar-refractivity contribution in [1.29, 1.82) is 0 Å². The molecular weight excluding hydrogens is 540 g/mol. The van der Waals surface area contributed by atoms with E-state index in [1.807, 2.05) is 18.2 Å². The largest absolute Gasteiger partial charge is 0.493 e. The van der Waals surface area contributed by atoms with Crippen LogP contribution < -0.4 is 23.7 Å². The summed E-state index contributed by atoms with van der Waals surface area (Å²) in [4.78, 5) is 14.3. The predicted octanol–water partition coefficient (Wildman–Crippen LogP) is 9.32. The highest BCUT2D eigenvalue weighted by Crippen LogP contribution is 2.46. The van der Waals surface area contributed by atoms with Crippen molar-refractivity contribution in [2.24, 2.45) is 29.6 Å². The van der Waals surface area contributed by atoms with Gasteiger partial charge in [0, 0.05) is 11.6 Å². The Bertz CT molecular complexity index is 1130. The third-order valence-corrected chi connectivity index (χ3v) is 6.15. The van der Waals surface area contributed by atoms with Crippen molar-refractivity contribution >= 4 is 11.9 Å². The molecule has 43 heavy (non-hydrogen) atoms. The molecule has 240 valence electrons. The highest BCUT2D eigenvalue weighted by molar-refractivity contribution is 6.11. The number of hydrogen-bond donors (Lipinski definition) is 0. The van der Waals surface area contributed by atoms with Crippen molar-refractivity contribution in [2.75, 3.05) is 33.0 Å². The zero-order valence-electron chi connectivity index (χ0n) is 28.5. The zero-order chi connectivity index (χ0) is 32.1. The molecule has 0 atom stereocenters. The number of carbonyl (C=O) groups excluding carboxylic acids is 1. The van der Waals surface area contributed by atoms with E-state index in [-0.39, 0.29) is 29.5 Å². The smallest absolute Gasteiger partial charge is 0.193 e. The van der Waals surface area contributed by atoms with Crippen LogP contribution in [-0.2, 0) is 6.42 Å². The van der Waals surface area contributed by atoms with E-state index in [0.717, 1.165) is 17.7 Å². The average molecular weight is 597 g/mol. The highest BCUT2D eigenvalue weighted by atomic mass is 16.5. The number of ketones is 1. The number of benzene rings is 2. The van der Waals surface area contributed by atoms with Crippen LogP contribution in [0.1, 0.15) is 97.6 Å². The van der Waals surface area contributed by atoms with Crippen molar-refractivity contribution < 1.29 is 28.5 Å². The Hall–Kier alpha value is -3.15. The minimum atomic E-state index is -0.251. The van der Waals surface area contributed by atoms with E-state index in [1.165, 1.54) is 5.56 Å². The van der Waals surface area contributed by atoms with Gasteiger partial charge in [-0.15, -0.1) is 0 Å². The van der Waals surface area contributed by atoms with Crippen LogP contribution in [-0.4, -0.2) is 38.8 Å². The Morgan fingerprint density at radius 3 is 1.44 bits per heavy atom. The first kappa shape index (κ1) is 36.0. The summed E-state index contributed by atoms with van der Waals surface area (Å²) in [7, 11) is 0. The molecule has 0 aliphatic heterocycles. The third-order valence-electron chi connectivity index (χ3n) is 6.15. The summed E-state index contributed by atoms with van der Waals surface area (Å²) in [6.45, 7) is 25.4. The molecule has 2 aromatic carbocycles. The standard InChI is InChI=1S/C37H56O6/c1-12-29-13-16-32(39-19-24(2)3)30(17-29)14-15-31(38)35-36(42-22-27(8)9)33(40-20-25(4)5)18-34(41-21-26(6)7)37(35)43-23-28(10)11/h13-18,24-28H,12,19-23H2,1-11H3/b15-14-. The van der Waals surface area contributed by atoms with Gasteiger partial charge in [-0.2, -0.15) is 0 Å². The SMILES string of the molecule is CCc1ccc(OCC(C)C)c(/C=C\C(=O)c2c(OCC(C)C)c(OCC(C)C)cc(OCC(C)C)c2OCC(C)C)c1. The Labute approximate surface area is 261 Å². The van der Waals surface area contributed by atoms with E-state index >= 15 is 0 Å². The van der Waals surface area contributed by atoms with Gasteiger partial charge in [0.25, 0.3) is 0 Å². The molecule has 2 aromatic rings. The molecule has 0 unspecified atom stereocenters. The predicted molar refractivity (Wildman–Crippen MR) is 177 cm³/mol. The van der Waals surface area contributed by atoms with Crippen molar-refractivity contribution in [2.45, 2.75) is 82.6 Å². The molecule has 0 bridgehead atoms. The summed E-state index contributed by atoms with van der Waals surface area (Å²) in [6.07, 6.45) is 4.28. The fourth-order valence-corrected chi connectivity index (χ4v) is 3.92. The maximum Gasteiger partial charge on any atom is 0.193 e. The maximum absolute atomic E-state index is 14.3. The van der Waals surface area contributed by atoms with Crippen LogP contribution in [0.4, 0.5) is 0 Å². The molecular formula is C37H56O6. The van der Waals surface area contributed by atoms with Crippen LogP contribution in [0.5, 0.6) is 28.7 Å². The summed E-state index contributed by atoms with van der Waals surface area (Å²) >= 11 is 0. The van der Waals surface area contributed by atoms with Crippen LogP contribution in [0.15, 0.2) is 30.3 Å². The van der Waals surface area contributed by atoms with Crippen LogP contribution >= 0.6 is 0 Å². The lowest BCUT2D eigenvalue weighted by Gasteiger charge is -2.23. The van der Waals surface area contributed by atoms with Gasteiger partial charge in [-0.1, -0.05) is 82.2 Å². The monoisotopic (exact) mass is 596 g/mol. The van der Waals surface area contributed by atoms with E-state index in [0.29, 0.717) is 67.5 Å². The van der Waals surface area contributed by atoms with E-state index in [1.54, 1.807) is 6.08 Å². The molecule has 0 amide bonds. The van der Waals surface area contributed by atoms with Crippen molar-refractivity contribution in [3.63, 3.8) is 0 Å². The first-order valence-corrected chi connectivity index (χ1v) is 16.0. The minimum Gasteiger partial charge on any atom is -0.493 e. The Balaban J connectivity index is 2.76. The molecule has 0 fully saturated rings.